The van der Waals surface area contributed by atoms with Crippen LogP contribution in [0.3, 0.4) is 0 Å². The zero-order chi connectivity index (χ0) is 20.9. The molecule has 0 saturated carbocycles. The third-order valence-corrected chi connectivity index (χ3v) is 5.22. The van der Waals surface area contributed by atoms with Crippen molar-refractivity contribution in [3.05, 3.63) is 33.8 Å². The largest absolute Gasteiger partial charge is 0.385 e. The maximum Gasteiger partial charge on any atom is 0.251 e. The van der Waals surface area contributed by atoms with E-state index in [1.807, 2.05) is 11.8 Å². The molecule has 158 valence electrons. The summed E-state index contributed by atoms with van der Waals surface area (Å²) in [5.41, 5.74) is 0.389. The molecule has 0 heterocycles. The number of nitrogens with one attached hydrogen (secondary N) is 1. The van der Waals surface area contributed by atoms with Crippen LogP contribution in [-0.4, -0.2) is 49.6 Å². The highest BCUT2D eigenvalue weighted by Crippen LogP contribution is 2.22. The molecule has 2 amide bonds. The summed E-state index contributed by atoms with van der Waals surface area (Å²) in [7, 11) is 1.65. The first kappa shape index (κ1) is 24.7. The number of carbonyl (C=O) groups is 2. The Labute approximate surface area is 178 Å². The number of nitrogens with zero attached hydrogens (tertiary/aromatic N) is 1. The van der Waals surface area contributed by atoms with Gasteiger partial charge in [-0.05, 0) is 37.5 Å². The van der Waals surface area contributed by atoms with E-state index in [1.165, 1.54) is 6.07 Å². The molecule has 0 radical (unpaired) electrons. The zero-order valence-corrected chi connectivity index (χ0v) is 18.6. The normalized spacial score (nSPS) is 11.9. The molecule has 5 nitrogen and oxygen atoms in total. The molecule has 1 aromatic carbocycles. The lowest BCUT2D eigenvalue weighted by atomic mass is 10.1. The fourth-order valence-electron chi connectivity index (χ4n) is 2.93. The lowest BCUT2D eigenvalue weighted by Gasteiger charge is -2.28. The van der Waals surface area contributed by atoms with E-state index in [4.69, 9.17) is 27.9 Å². The number of carbonyl (C=O) groups excluding carboxylic acids is 2. The molecule has 0 bridgehead atoms. The number of unbranched alkanes of at least 4 members (excludes halogenated alkanes) is 2. The third kappa shape index (κ3) is 8.38. The van der Waals surface area contributed by atoms with Crippen LogP contribution in [0.25, 0.3) is 0 Å². The van der Waals surface area contributed by atoms with Crippen LogP contribution in [0.2, 0.25) is 10.0 Å². The highest BCUT2D eigenvalue weighted by Gasteiger charge is 2.25. The summed E-state index contributed by atoms with van der Waals surface area (Å²) in [6.07, 6.45) is 5.26. The van der Waals surface area contributed by atoms with E-state index in [0.717, 1.165) is 32.1 Å². The molecule has 28 heavy (non-hydrogen) atoms. The quantitative estimate of drug-likeness (QED) is 0.450. The Morgan fingerprint density at radius 3 is 2.39 bits per heavy atom. The van der Waals surface area contributed by atoms with Crippen LogP contribution < -0.4 is 5.32 Å². The first-order valence-electron chi connectivity index (χ1n) is 9.98. The first-order chi connectivity index (χ1) is 13.4. The Balaban J connectivity index is 2.86. The van der Waals surface area contributed by atoms with Crippen LogP contribution in [0.5, 0.6) is 0 Å². The van der Waals surface area contributed by atoms with Crippen molar-refractivity contribution in [2.24, 2.45) is 0 Å². The van der Waals surface area contributed by atoms with Gasteiger partial charge in [0.15, 0.2) is 0 Å². The van der Waals surface area contributed by atoms with E-state index < -0.39 is 6.04 Å². The second-order valence-electron chi connectivity index (χ2n) is 6.82. The molecule has 0 aliphatic heterocycles. The van der Waals surface area contributed by atoms with Gasteiger partial charge in [-0.15, -0.1) is 0 Å². The number of hydrogen-bond donors (Lipinski definition) is 1. The number of ether oxygens (including phenoxy) is 1. The van der Waals surface area contributed by atoms with Gasteiger partial charge in [-0.3, -0.25) is 9.59 Å². The Hall–Kier alpha value is -1.30. The van der Waals surface area contributed by atoms with Gasteiger partial charge >= 0.3 is 0 Å². The van der Waals surface area contributed by atoms with Crippen LogP contribution >= 0.6 is 23.2 Å². The predicted octanol–water partition coefficient (Wildman–Crippen LogP) is 4.95. The Morgan fingerprint density at radius 1 is 1.07 bits per heavy atom. The number of halogens is 2. The highest BCUT2D eigenvalue weighted by molar-refractivity contribution is 6.42. The van der Waals surface area contributed by atoms with E-state index in [9.17, 15) is 9.59 Å². The van der Waals surface area contributed by atoms with Crippen LogP contribution in [0, 0.1) is 0 Å². The molecule has 1 atom stereocenters. The summed E-state index contributed by atoms with van der Waals surface area (Å²) in [6.45, 7) is 6.05. The third-order valence-electron chi connectivity index (χ3n) is 4.48. The van der Waals surface area contributed by atoms with Crippen molar-refractivity contribution >= 4 is 35.0 Å². The molecule has 7 heteroatoms. The molecule has 0 aromatic heterocycles. The average Bonchev–Trinajstić information content (AvgIpc) is 2.68. The number of rotatable bonds is 13. The second-order valence-corrected chi connectivity index (χ2v) is 7.64. The van der Waals surface area contributed by atoms with Crippen molar-refractivity contribution in [3.63, 3.8) is 0 Å². The van der Waals surface area contributed by atoms with Gasteiger partial charge in [-0.1, -0.05) is 56.3 Å². The summed E-state index contributed by atoms with van der Waals surface area (Å²) >= 11 is 11.9. The molecule has 0 aliphatic rings. The van der Waals surface area contributed by atoms with Gasteiger partial charge in [0.05, 0.1) is 10.0 Å². The van der Waals surface area contributed by atoms with Gasteiger partial charge in [0.2, 0.25) is 5.91 Å². The van der Waals surface area contributed by atoms with Crippen molar-refractivity contribution in [1.29, 1.82) is 0 Å². The van der Waals surface area contributed by atoms with E-state index in [-0.39, 0.29) is 11.8 Å². The van der Waals surface area contributed by atoms with Crippen molar-refractivity contribution in [2.75, 3.05) is 26.8 Å². The summed E-state index contributed by atoms with van der Waals surface area (Å²) in [6, 6.07) is 4.15. The lowest BCUT2D eigenvalue weighted by Crippen LogP contribution is -2.49. The second kappa shape index (κ2) is 13.8. The van der Waals surface area contributed by atoms with Gasteiger partial charge < -0.3 is 15.0 Å². The van der Waals surface area contributed by atoms with Crippen molar-refractivity contribution in [1.82, 2.24) is 10.2 Å². The van der Waals surface area contributed by atoms with Crippen LogP contribution in [0.1, 0.15) is 62.7 Å². The maximum absolute atomic E-state index is 13.1. The zero-order valence-electron chi connectivity index (χ0n) is 17.1. The summed E-state index contributed by atoms with van der Waals surface area (Å²) in [5, 5.41) is 3.58. The smallest absolute Gasteiger partial charge is 0.251 e. The van der Waals surface area contributed by atoms with E-state index in [2.05, 4.69) is 12.2 Å². The molecule has 0 fully saturated rings. The highest BCUT2D eigenvalue weighted by atomic mass is 35.5. The minimum atomic E-state index is -0.559. The van der Waals surface area contributed by atoms with Gasteiger partial charge in [0, 0.05) is 32.4 Å². The molecule has 0 aliphatic carbocycles. The molecule has 1 N–H and O–H groups in total. The number of amides is 2. The molecule has 1 aromatic rings. The molecule has 0 spiro atoms. The van der Waals surface area contributed by atoms with E-state index in [1.54, 1.807) is 19.2 Å². The first-order valence-corrected chi connectivity index (χ1v) is 10.7. The maximum atomic E-state index is 13.1. The fourth-order valence-corrected chi connectivity index (χ4v) is 3.23. The summed E-state index contributed by atoms with van der Waals surface area (Å²) in [5.74, 6) is -0.363. The molecule has 1 rings (SSSR count). The van der Waals surface area contributed by atoms with Crippen molar-refractivity contribution in [2.45, 2.75) is 58.4 Å². The molecule has 0 saturated heterocycles. The Bertz CT molecular complexity index is 616. The van der Waals surface area contributed by atoms with Gasteiger partial charge in [0.25, 0.3) is 5.91 Å². The molecular weight excluding hydrogens is 399 g/mol. The van der Waals surface area contributed by atoms with E-state index in [0.29, 0.717) is 41.7 Å². The van der Waals surface area contributed by atoms with E-state index >= 15 is 0 Å². The van der Waals surface area contributed by atoms with Gasteiger partial charge in [-0.2, -0.15) is 0 Å². The van der Waals surface area contributed by atoms with Crippen LogP contribution in [-0.2, 0) is 9.53 Å². The standard InChI is InChI=1S/C21H32Cl2N2O3/c1-4-6-7-12-25(13-8-14-28-3)21(27)19(9-5-2)24-20(26)16-10-11-17(22)18(23)15-16/h10-11,15,19H,4-9,12-14H2,1-3H3,(H,24,26)/t19-/m1/s1. The Kier molecular flexibility index (Phi) is 12.2. The average molecular weight is 431 g/mol. The topological polar surface area (TPSA) is 58.6 Å². The minimum absolute atomic E-state index is 0.0394. The lowest BCUT2D eigenvalue weighted by molar-refractivity contribution is -0.133. The molecular formula is C21H32Cl2N2O3. The molecule has 0 unspecified atom stereocenters. The fraction of sp³-hybridized carbons (Fsp3) is 0.619. The van der Waals surface area contributed by atoms with Crippen LogP contribution in [0.4, 0.5) is 0 Å². The monoisotopic (exact) mass is 430 g/mol. The van der Waals surface area contributed by atoms with Crippen molar-refractivity contribution < 1.29 is 14.3 Å². The number of methoxy groups -OCH3 is 1. The number of hydrogen-bond acceptors (Lipinski definition) is 3. The number of benzene rings is 1. The summed E-state index contributed by atoms with van der Waals surface area (Å²) < 4.78 is 5.12. The van der Waals surface area contributed by atoms with Gasteiger partial charge in [-0.25, -0.2) is 0 Å². The predicted molar refractivity (Wildman–Crippen MR) is 115 cm³/mol. The van der Waals surface area contributed by atoms with Gasteiger partial charge in [0.1, 0.15) is 6.04 Å². The SMILES string of the molecule is CCCCCN(CCCOC)C(=O)[C@@H](CCC)NC(=O)c1ccc(Cl)c(Cl)c1. The Morgan fingerprint density at radius 2 is 1.79 bits per heavy atom. The van der Waals surface area contributed by atoms with Crippen molar-refractivity contribution in [3.8, 4) is 0 Å². The minimum Gasteiger partial charge on any atom is -0.385 e. The van der Waals surface area contributed by atoms with Crippen LogP contribution in [0.15, 0.2) is 18.2 Å². The summed E-state index contributed by atoms with van der Waals surface area (Å²) in [4.78, 5) is 27.6.